The lowest BCUT2D eigenvalue weighted by Gasteiger charge is -2.01. The third-order valence-electron chi connectivity index (χ3n) is 2.77. The van der Waals surface area contributed by atoms with Crippen molar-refractivity contribution in [1.82, 2.24) is 15.4 Å². The van der Waals surface area contributed by atoms with Gasteiger partial charge in [-0.15, -0.1) is 10.2 Å². The molecule has 0 atom stereocenters. The van der Waals surface area contributed by atoms with Crippen LogP contribution < -0.4 is 5.32 Å². The molecule has 0 saturated heterocycles. The van der Waals surface area contributed by atoms with E-state index in [0.717, 1.165) is 21.4 Å². The fourth-order valence-corrected chi connectivity index (χ4v) is 3.78. The number of nitrogens with zero attached hydrogens (tertiary/aromatic N) is 3. The van der Waals surface area contributed by atoms with Crippen molar-refractivity contribution in [3.05, 3.63) is 17.0 Å². The second-order valence-electron chi connectivity index (χ2n) is 4.89. The maximum absolute atomic E-state index is 11.9. The summed E-state index contributed by atoms with van der Waals surface area (Å²) < 4.78 is 5.95. The number of aromatic nitrogens is 3. The lowest BCUT2D eigenvalue weighted by molar-refractivity contribution is -0.116. The zero-order chi connectivity index (χ0) is 15.4. The van der Waals surface area contributed by atoms with Gasteiger partial charge < -0.3 is 9.84 Å². The summed E-state index contributed by atoms with van der Waals surface area (Å²) in [5.41, 5.74) is 1.84. The number of carbonyl (C=O) groups excluding carboxylic acids is 1. The summed E-state index contributed by atoms with van der Waals surface area (Å²) in [6.45, 7) is 7.92. The lowest BCUT2D eigenvalue weighted by Crippen LogP contribution is -2.12. The third-order valence-corrected chi connectivity index (χ3v) is 4.70. The van der Waals surface area contributed by atoms with Crippen molar-refractivity contribution in [2.45, 2.75) is 50.1 Å². The van der Waals surface area contributed by atoms with Crippen molar-refractivity contribution in [2.24, 2.45) is 0 Å². The van der Waals surface area contributed by atoms with Gasteiger partial charge in [-0.2, -0.15) is 0 Å². The van der Waals surface area contributed by atoms with Crippen LogP contribution in [0.2, 0.25) is 0 Å². The fraction of sp³-hybridized carbons (Fsp3) is 0.538. The zero-order valence-corrected chi connectivity index (χ0v) is 14.1. The summed E-state index contributed by atoms with van der Waals surface area (Å²) in [4.78, 5) is 11.9. The number of hydrogen-bond acceptors (Lipinski definition) is 7. The Balaban J connectivity index is 1.86. The number of thioether (sulfide) groups is 1. The third kappa shape index (κ3) is 4.53. The quantitative estimate of drug-likeness (QED) is 0.648. The minimum absolute atomic E-state index is 0.0766. The highest BCUT2D eigenvalue weighted by Crippen LogP contribution is 2.28. The van der Waals surface area contributed by atoms with Gasteiger partial charge >= 0.3 is 0 Å². The molecule has 2 aromatic rings. The molecule has 0 fully saturated rings. The maximum atomic E-state index is 11.9. The topological polar surface area (TPSA) is 80.9 Å². The van der Waals surface area contributed by atoms with Gasteiger partial charge in [0.25, 0.3) is 0 Å². The second kappa shape index (κ2) is 7.04. The molecule has 1 amide bonds. The first kappa shape index (κ1) is 16.0. The molecule has 0 aliphatic carbocycles. The molecule has 0 unspecified atom stereocenters. The van der Waals surface area contributed by atoms with Gasteiger partial charge in [-0.1, -0.05) is 42.1 Å². The molecule has 2 aromatic heterocycles. The first-order valence-corrected chi connectivity index (χ1v) is 8.37. The highest BCUT2D eigenvalue weighted by Gasteiger charge is 2.13. The number of nitrogens with one attached hydrogen (secondary N) is 1. The molecule has 0 bridgehead atoms. The van der Waals surface area contributed by atoms with Crippen LogP contribution in [0.25, 0.3) is 0 Å². The highest BCUT2D eigenvalue weighted by atomic mass is 32.2. The SMILES string of the molecule is Cc1noc(C)c1CCC(=O)Nc1nnc(SC(C)C)s1. The number of aryl methyl sites for hydroxylation is 2. The Labute approximate surface area is 131 Å². The smallest absolute Gasteiger partial charge is 0.226 e. The van der Waals surface area contributed by atoms with Crippen LogP contribution in [-0.4, -0.2) is 26.5 Å². The summed E-state index contributed by atoms with van der Waals surface area (Å²) in [5, 5.41) is 15.7. The van der Waals surface area contributed by atoms with Crippen LogP contribution in [0.5, 0.6) is 0 Å². The molecule has 0 aliphatic rings. The van der Waals surface area contributed by atoms with Gasteiger partial charge in [0.05, 0.1) is 5.69 Å². The van der Waals surface area contributed by atoms with Crippen molar-refractivity contribution in [3.63, 3.8) is 0 Å². The molecule has 2 heterocycles. The number of hydrogen-bond donors (Lipinski definition) is 1. The molecule has 0 aromatic carbocycles. The van der Waals surface area contributed by atoms with E-state index < -0.39 is 0 Å². The average molecular weight is 326 g/mol. The van der Waals surface area contributed by atoms with Gasteiger partial charge in [-0.3, -0.25) is 4.79 Å². The minimum atomic E-state index is -0.0766. The molecule has 8 heteroatoms. The van der Waals surface area contributed by atoms with E-state index in [-0.39, 0.29) is 5.91 Å². The first-order chi connectivity index (χ1) is 9.95. The van der Waals surface area contributed by atoms with Crippen molar-refractivity contribution in [2.75, 3.05) is 5.32 Å². The highest BCUT2D eigenvalue weighted by molar-refractivity contribution is 8.01. The Morgan fingerprint density at radius 1 is 1.38 bits per heavy atom. The van der Waals surface area contributed by atoms with Crippen molar-refractivity contribution >= 4 is 34.1 Å². The van der Waals surface area contributed by atoms with Gasteiger partial charge in [0.2, 0.25) is 11.0 Å². The van der Waals surface area contributed by atoms with Crippen molar-refractivity contribution in [3.8, 4) is 0 Å². The second-order valence-corrected chi connectivity index (χ2v) is 7.69. The Morgan fingerprint density at radius 3 is 2.76 bits per heavy atom. The molecule has 114 valence electrons. The Bertz CT molecular complexity index is 602. The van der Waals surface area contributed by atoms with E-state index in [1.807, 2.05) is 13.8 Å². The average Bonchev–Trinajstić information content (AvgIpc) is 2.95. The Morgan fingerprint density at radius 2 is 2.14 bits per heavy atom. The molecular formula is C13H18N4O2S2. The van der Waals surface area contributed by atoms with Gasteiger partial charge in [-0.25, -0.2) is 0 Å². The van der Waals surface area contributed by atoms with Crippen LogP contribution in [0.4, 0.5) is 5.13 Å². The van der Waals surface area contributed by atoms with Crippen molar-refractivity contribution < 1.29 is 9.32 Å². The maximum Gasteiger partial charge on any atom is 0.226 e. The molecule has 0 aliphatic heterocycles. The van der Waals surface area contributed by atoms with E-state index in [4.69, 9.17) is 4.52 Å². The van der Waals surface area contributed by atoms with Crippen LogP contribution in [0.1, 0.15) is 37.3 Å². The van der Waals surface area contributed by atoms with Crippen LogP contribution in [0, 0.1) is 13.8 Å². The van der Waals surface area contributed by atoms with Crippen LogP contribution in [0.3, 0.4) is 0 Å². The summed E-state index contributed by atoms with van der Waals surface area (Å²) in [6, 6.07) is 0. The number of amides is 1. The predicted molar refractivity (Wildman–Crippen MR) is 83.8 cm³/mol. The minimum Gasteiger partial charge on any atom is -0.361 e. The Kier molecular flexibility index (Phi) is 5.35. The van der Waals surface area contributed by atoms with E-state index in [2.05, 4.69) is 34.5 Å². The molecule has 0 radical (unpaired) electrons. The van der Waals surface area contributed by atoms with Gasteiger partial charge in [0, 0.05) is 17.2 Å². The molecule has 0 saturated carbocycles. The van der Waals surface area contributed by atoms with E-state index in [1.54, 1.807) is 11.8 Å². The van der Waals surface area contributed by atoms with Crippen LogP contribution in [0.15, 0.2) is 8.86 Å². The fourth-order valence-electron chi connectivity index (χ4n) is 1.79. The van der Waals surface area contributed by atoms with E-state index in [9.17, 15) is 4.79 Å². The van der Waals surface area contributed by atoms with Crippen LogP contribution >= 0.6 is 23.1 Å². The molecule has 6 nitrogen and oxygen atoms in total. The van der Waals surface area contributed by atoms with Crippen LogP contribution in [-0.2, 0) is 11.2 Å². The summed E-state index contributed by atoms with van der Waals surface area (Å²) in [7, 11) is 0. The molecule has 0 spiro atoms. The Hall–Kier alpha value is -1.41. The van der Waals surface area contributed by atoms with Crippen molar-refractivity contribution in [1.29, 1.82) is 0 Å². The van der Waals surface area contributed by atoms with E-state index in [0.29, 0.717) is 23.2 Å². The predicted octanol–water partition coefficient (Wildman–Crippen LogP) is 3.21. The monoisotopic (exact) mass is 326 g/mol. The molecule has 1 N–H and O–H groups in total. The largest absolute Gasteiger partial charge is 0.361 e. The normalized spacial score (nSPS) is 11.1. The number of anilines is 1. The summed E-state index contributed by atoms with van der Waals surface area (Å²) in [5.74, 6) is 0.694. The molecular weight excluding hydrogens is 308 g/mol. The summed E-state index contributed by atoms with van der Waals surface area (Å²) >= 11 is 3.03. The zero-order valence-electron chi connectivity index (χ0n) is 12.5. The van der Waals surface area contributed by atoms with Gasteiger partial charge in [0.15, 0.2) is 4.34 Å². The number of rotatable bonds is 6. The summed E-state index contributed by atoms with van der Waals surface area (Å²) in [6.07, 6.45) is 0.981. The van der Waals surface area contributed by atoms with E-state index in [1.165, 1.54) is 11.3 Å². The standard InChI is InChI=1S/C13H18N4O2S2/c1-7(2)20-13-16-15-12(21-13)14-11(18)6-5-10-8(3)17-19-9(10)4/h7H,5-6H2,1-4H3,(H,14,15,18). The lowest BCUT2D eigenvalue weighted by atomic mass is 10.1. The van der Waals surface area contributed by atoms with Gasteiger partial charge in [-0.05, 0) is 20.3 Å². The molecule has 2 rings (SSSR count). The molecule has 21 heavy (non-hydrogen) atoms. The number of carbonyl (C=O) groups is 1. The van der Waals surface area contributed by atoms with E-state index >= 15 is 0 Å². The van der Waals surface area contributed by atoms with Gasteiger partial charge in [0.1, 0.15) is 5.76 Å². The first-order valence-electron chi connectivity index (χ1n) is 6.67.